The molecule has 0 bridgehead atoms. The zero-order chi connectivity index (χ0) is 16.8. The number of amides is 2. The Balaban J connectivity index is 1.98. The zero-order valence-corrected chi connectivity index (χ0v) is 14.9. The van der Waals surface area contributed by atoms with E-state index in [0.717, 1.165) is 0 Å². The molecular weight excluding hydrogens is 334 g/mol. The van der Waals surface area contributed by atoms with Crippen LogP contribution in [0, 0.1) is 0 Å². The van der Waals surface area contributed by atoms with Crippen LogP contribution in [0.1, 0.15) is 11.6 Å². The molecule has 124 valence electrons. The van der Waals surface area contributed by atoms with Crippen LogP contribution in [-0.4, -0.2) is 38.7 Å². The van der Waals surface area contributed by atoms with E-state index in [2.05, 4.69) is 27.0 Å². The van der Waals surface area contributed by atoms with Gasteiger partial charge in [0.1, 0.15) is 5.75 Å². The second-order valence-electron chi connectivity index (χ2n) is 5.22. The van der Waals surface area contributed by atoms with Crippen LogP contribution in [0.4, 0.5) is 10.5 Å². The van der Waals surface area contributed by atoms with Crippen LogP contribution in [0.25, 0.3) is 0 Å². The number of benzene rings is 1. The van der Waals surface area contributed by atoms with Gasteiger partial charge in [0.05, 0.1) is 18.8 Å². The standard InChI is InChI=1S/C16H20ClN3O2S/c1-20(2)14(11-6-7-23-10-11)9-18-16(21)19-13-8-12(17)4-5-15(13)22-3/h4-8,10,14H,9H2,1-3H3,(H2,18,19,21)/t14-/m1/s1. The van der Waals surface area contributed by atoms with E-state index < -0.39 is 0 Å². The summed E-state index contributed by atoms with van der Waals surface area (Å²) in [6.07, 6.45) is 0. The Kier molecular flexibility index (Phi) is 6.27. The van der Waals surface area contributed by atoms with Gasteiger partial charge in [-0.2, -0.15) is 11.3 Å². The quantitative estimate of drug-likeness (QED) is 0.829. The average molecular weight is 354 g/mol. The number of thiophene rings is 1. The summed E-state index contributed by atoms with van der Waals surface area (Å²) in [6, 6.07) is 6.96. The molecule has 0 aliphatic heterocycles. The first kappa shape index (κ1) is 17.6. The topological polar surface area (TPSA) is 53.6 Å². The van der Waals surface area contributed by atoms with Crippen molar-refractivity contribution in [2.75, 3.05) is 33.1 Å². The fourth-order valence-electron chi connectivity index (χ4n) is 2.20. The van der Waals surface area contributed by atoms with E-state index in [-0.39, 0.29) is 12.1 Å². The largest absolute Gasteiger partial charge is 0.495 e. The smallest absolute Gasteiger partial charge is 0.319 e. The van der Waals surface area contributed by atoms with Crippen molar-refractivity contribution in [1.29, 1.82) is 0 Å². The van der Waals surface area contributed by atoms with Crippen LogP contribution in [-0.2, 0) is 0 Å². The van der Waals surface area contributed by atoms with Gasteiger partial charge >= 0.3 is 6.03 Å². The number of carbonyl (C=O) groups excluding carboxylic acids is 1. The van der Waals surface area contributed by atoms with Crippen molar-refractivity contribution >= 4 is 34.7 Å². The molecule has 1 aromatic heterocycles. The fourth-order valence-corrected chi connectivity index (χ4v) is 3.08. The van der Waals surface area contributed by atoms with Gasteiger partial charge in [0.2, 0.25) is 0 Å². The number of hydrogen-bond donors (Lipinski definition) is 2. The van der Waals surface area contributed by atoms with Crippen LogP contribution >= 0.6 is 22.9 Å². The highest BCUT2D eigenvalue weighted by molar-refractivity contribution is 7.07. The number of likely N-dealkylation sites (N-methyl/N-ethyl adjacent to an activating group) is 1. The first-order valence-corrected chi connectivity index (χ1v) is 8.40. The van der Waals surface area contributed by atoms with Crippen LogP contribution < -0.4 is 15.4 Å². The SMILES string of the molecule is COc1ccc(Cl)cc1NC(=O)NC[C@H](c1ccsc1)N(C)C. The third kappa shape index (κ3) is 4.86. The van der Waals surface area contributed by atoms with Gasteiger partial charge in [-0.3, -0.25) is 0 Å². The molecule has 7 heteroatoms. The Morgan fingerprint density at radius 3 is 2.78 bits per heavy atom. The second kappa shape index (κ2) is 8.19. The zero-order valence-electron chi connectivity index (χ0n) is 13.3. The maximum atomic E-state index is 12.2. The molecular formula is C16H20ClN3O2S. The monoisotopic (exact) mass is 353 g/mol. The van der Waals surface area contributed by atoms with Gasteiger partial charge in [-0.15, -0.1) is 0 Å². The normalized spacial score (nSPS) is 12.0. The number of anilines is 1. The minimum Gasteiger partial charge on any atom is -0.495 e. The number of carbonyl (C=O) groups is 1. The highest BCUT2D eigenvalue weighted by atomic mass is 35.5. The van der Waals surface area contributed by atoms with Gasteiger partial charge in [-0.1, -0.05) is 11.6 Å². The van der Waals surface area contributed by atoms with Crippen molar-refractivity contribution in [3.63, 3.8) is 0 Å². The molecule has 5 nitrogen and oxygen atoms in total. The number of urea groups is 1. The van der Waals surface area contributed by atoms with Gasteiger partial charge in [0, 0.05) is 11.6 Å². The number of methoxy groups -OCH3 is 1. The van der Waals surface area contributed by atoms with E-state index in [9.17, 15) is 4.79 Å². The fraction of sp³-hybridized carbons (Fsp3) is 0.312. The van der Waals surface area contributed by atoms with Crippen molar-refractivity contribution in [3.8, 4) is 5.75 Å². The highest BCUT2D eigenvalue weighted by Crippen LogP contribution is 2.27. The van der Waals surface area contributed by atoms with Gasteiger partial charge in [0.15, 0.2) is 0 Å². The van der Waals surface area contributed by atoms with Crippen LogP contribution in [0.5, 0.6) is 5.75 Å². The lowest BCUT2D eigenvalue weighted by Gasteiger charge is -2.24. The van der Waals surface area contributed by atoms with Crippen molar-refractivity contribution in [3.05, 3.63) is 45.6 Å². The third-order valence-electron chi connectivity index (χ3n) is 3.42. The van der Waals surface area contributed by atoms with E-state index in [1.165, 1.54) is 5.56 Å². The molecule has 1 atom stereocenters. The van der Waals surface area contributed by atoms with E-state index in [1.807, 2.05) is 19.5 Å². The molecule has 2 rings (SSSR count). The Hall–Kier alpha value is -1.76. The molecule has 1 heterocycles. The molecule has 0 fully saturated rings. The van der Waals surface area contributed by atoms with Crippen molar-refractivity contribution in [2.45, 2.75) is 6.04 Å². The third-order valence-corrected chi connectivity index (χ3v) is 4.35. The molecule has 2 N–H and O–H groups in total. The maximum Gasteiger partial charge on any atom is 0.319 e. The summed E-state index contributed by atoms with van der Waals surface area (Å²) in [5, 5.41) is 10.3. The van der Waals surface area contributed by atoms with E-state index in [0.29, 0.717) is 23.0 Å². The summed E-state index contributed by atoms with van der Waals surface area (Å²) in [4.78, 5) is 14.2. The van der Waals surface area contributed by atoms with Gasteiger partial charge in [0.25, 0.3) is 0 Å². The molecule has 2 aromatic rings. The Labute approximate surface area is 145 Å². The summed E-state index contributed by atoms with van der Waals surface area (Å²) in [7, 11) is 5.52. The molecule has 0 saturated heterocycles. The van der Waals surface area contributed by atoms with Gasteiger partial charge in [-0.25, -0.2) is 4.79 Å². The van der Waals surface area contributed by atoms with Crippen molar-refractivity contribution < 1.29 is 9.53 Å². The summed E-state index contributed by atoms with van der Waals surface area (Å²) in [6.45, 7) is 0.498. The van der Waals surface area contributed by atoms with Crippen LogP contribution in [0.15, 0.2) is 35.0 Å². The van der Waals surface area contributed by atoms with Gasteiger partial charge < -0.3 is 20.3 Å². The molecule has 0 spiro atoms. The maximum absolute atomic E-state index is 12.2. The van der Waals surface area contributed by atoms with Crippen LogP contribution in [0.2, 0.25) is 5.02 Å². The molecule has 1 aromatic carbocycles. The average Bonchev–Trinajstić information content (AvgIpc) is 3.01. The van der Waals surface area contributed by atoms with E-state index in [1.54, 1.807) is 36.6 Å². The number of halogens is 1. The summed E-state index contributed by atoms with van der Waals surface area (Å²) in [5.41, 5.74) is 1.72. The lowest BCUT2D eigenvalue weighted by atomic mass is 10.1. The number of ether oxygens (including phenoxy) is 1. The Morgan fingerprint density at radius 2 is 2.17 bits per heavy atom. The Morgan fingerprint density at radius 1 is 1.39 bits per heavy atom. The minimum absolute atomic E-state index is 0.119. The molecule has 0 aliphatic rings. The van der Waals surface area contributed by atoms with E-state index >= 15 is 0 Å². The van der Waals surface area contributed by atoms with Crippen LogP contribution in [0.3, 0.4) is 0 Å². The number of nitrogens with zero attached hydrogens (tertiary/aromatic N) is 1. The summed E-state index contributed by atoms with van der Waals surface area (Å²) < 4.78 is 5.22. The number of rotatable bonds is 6. The first-order valence-electron chi connectivity index (χ1n) is 7.08. The van der Waals surface area contributed by atoms with E-state index in [4.69, 9.17) is 16.3 Å². The molecule has 2 amide bonds. The lowest BCUT2D eigenvalue weighted by Crippen LogP contribution is -2.36. The molecule has 23 heavy (non-hydrogen) atoms. The van der Waals surface area contributed by atoms with Gasteiger partial charge in [-0.05, 0) is 54.7 Å². The predicted octanol–water partition coefficient (Wildman–Crippen LogP) is 3.83. The lowest BCUT2D eigenvalue weighted by molar-refractivity contribution is 0.243. The second-order valence-corrected chi connectivity index (χ2v) is 6.43. The number of hydrogen-bond acceptors (Lipinski definition) is 4. The first-order chi connectivity index (χ1) is 11.0. The number of nitrogens with one attached hydrogen (secondary N) is 2. The van der Waals surface area contributed by atoms with Crippen molar-refractivity contribution in [2.24, 2.45) is 0 Å². The minimum atomic E-state index is -0.298. The highest BCUT2D eigenvalue weighted by Gasteiger charge is 2.16. The molecule has 0 unspecified atom stereocenters. The summed E-state index contributed by atoms with van der Waals surface area (Å²) in [5.74, 6) is 0.562. The molecule has 0 aliphatic carbocycles. The molecule has 0 saturated carbocycles. The Bertz CT molecular complexity index is 647. The summed E-state index contributed by atoms with van der Waals surface area (Å²) >= 11 is 7.60. The predicted molar refractivity (Wildman–Crippen MR) is 95.8 cm³/mol. The van der Waals surface area contributed by atoms with Crippen molar-refractivity contribution in [1.82, 2.24) is 10.2 Å². The molecule has 0 radical (unpaired) electrons.